The highest BCUT2D eigenvalue weighted by Gasteiger charge is 2.29. The summed E-state index contributed by atoms with van der Waals surface area (Å²) in [6, 6.07) is 6.16. The van der Waals surface area contributed by atoms with E-state index in [9.17, 15) is 21.6 Å². The maximum absolute atomic E-state index is 12.3. The van der Waals surface area contributed by atoms with Crippen LogP contribution in [0.15, 0.2) is 29.3 Å². The minimum Gasteiger partial charge on any atom is -0.484 e. The predicted octanol–water partition coefficient (Wildman–Crippen LogP) is 1.48. The largest absolute Gasteiger partial charge is 0.484 e. The van der Waals surface area contributed by atoms with Crippen molar-refractivity contribution in [2.24, 2.45) is 4.99 Å². The van der Waals surface area contributed by atoms with E-state index in [0.717, 1.165) is 0 Å². The molecule has 10 heteroatoms. The van der Waals surface area contributed by atoms with Crippen LogP contribution in [0.2, 0.25) is 0 Å². The molecule has 1 saturated heterocycles. The number of nitrogens with one attached hydrogen (secondary N) is 2. The summed E-state index contributed by atoms with van der Waals surface area (Å²) in [6.45, 7) is -1.18. The normalized spacial score (nSPS) is 20.3. The van der Waals surface area contributed by atoms with E-state index in [2.05, 4.69) is 15.6 Å². The van der Waals surface area contributed by atoms with Gasteiger partial charge >= 0.3 is 6.18 Å². The number of rotatable bonds is 5. The Morgan fingerprint density at radius 3 is 2.68 bits per heavy atom. The molecule has 0 aromatic heterocycles. The van der Waals surface area contributed by atoms with Crippen molar-refractivity contribution in [1.82, 2.24) is 10.6 Å². The van der Waals surface area contributed by atoms with E-state index < -0.39 is 22.6 Å². The molecule has 1 unspecified atom stereocenters. The van der Waals surface area contributed by atoms with Gasteiger partial charge in [0.2, 0.25) is 0 Å². The number of para-hydroxylation sites is 1. The van der Waals surface area contributed by atoms with E-state index in [1.165, 1.54) is 13.1 Å². The molecule has 0 bridgehead atoms. The van der Waals surface area contributed by atoms with Crippen LogP contribution >= 0.6 is 0 Å². The van der Waals surface area contributed by atoms with Gasteiger partial charge in [-0.1, -0.05) is 18.2 Å². The van der Waals surface area contributed by atoms with Crippen LogP contribution in [0.25, 0.3) is 0 Å². The van der Waals surface area contributed by atoms with Crippen LogP contribution in [0.4, 0.5) is 13.2 Å². The number of nitrogens with zero attached hydrogens (tertiary/aromatic N) is 1. The second-order valence-corrected chi connectivity index (χ2v) is 7.91. The van der Waals surface area contributed by atoms with Crippen LogP contribution in [0.3, 0.4) is 0 Å². The van der Waals surface area contributed by atoms with E-state index in [4.69, 9.17) is 4.74 Å². The number of halogens is 3. The monoisotopic (exact) mass is 379 g/mol. The number of sulfone groups is 1. The van der Waals surface area contributed by atoms with Crippen molar-refractivity contribution < 1.29 is 26.3 Å². The summed E-state index contributed by atoms with van der Waals surface area (Å²) in [6.07, 6.45) is -3.92. The minimum atomic E-state index is -4.41. The summed E-state index contributed by atoms with van der Waals surface area (Å²) in [7, 11) is -1.48. The minimum absolute atomic E-state index is 0.0407. The molecule has 0 radical (unpaired) electrons. The Balaban J connectivity index is 1.93. The molecule has 2 rings (SSSR count). The zero-order valence-electron chi connectivity index (χ0n) is 13.6. The highest BCUT2D eigenvalue weighted by Crippen LogP contribution is 2.22. The number of benzene rings is 1. The number of aliphatic imine (C=N–C) groups is 1. The Hall–Kier alpha value is -1.97. The molecule has 0 spiro atoms. The molecule has 140 valence electrons. The number of guanidine groups is 1. The predicted molar refractivity (Wildman–Crippen MR) is 88.4 cm³/mol. The van der Waals surface area contributed by atoms with Crippen molar-refractivity contribution in [2.75, 3.05) is 25.2 Å². The van der Waals surface area contributed by atoms with Crippen LogP contribution in [-0.2, 0) is 16.4 Å². The standard InChI is InChI=1S/C15H20F3N3O3S/c1-19-14(21-12-6-7-25(22,23)9-12)20-8-11-4-2-3-5-13(11)24-10-15(16,17)18/h2-5,12H,6-10H2,1H3,(H2,19,20,21). The number of alkyl halides is 3. The fraction of sp³-hybridized carbons (Fsp3) is 0.533. The van der Waals surface area contributed by atoms with Crippen molar-refractivity contribution >= 4 is 15.8 Å². The first-order valence-corrected chi connectivity index (χ1v) is 9.46. The second kappa shape index (κ2) is 7.94. The Morgan fingerprint density at radius 1 is 1.36 bits per heavy atom. The molecular formula is C15H20F3N3O3S. The lowest BCUT2D eigenvalue weighted by atomic mass is 10.2. The summed E-state index contributed by atoms with van der Waals surface area (Å²) >= 11 is 0. The van der Waals surface area contributed by atoms with Gasteiger partial charge in [0.15, 0.2) is 22.4 Å². The Kier molecular flexibility index (Phi) is 6.15. The van der Waals surface area contributed by atoms with Gasteiger partial charge in [-0.05, 0) is 12.5 Å². The zero-order chi connectivity index (χ0) is 18.5. The molecule has 1 aliphatic heterocycles. The van der Waals surface area contributed by atoms with Gasteiger partial charge in [0.1, 0.15) is 5.75 Å². The molecule has 6 nitrogen and oxygen atoms in total. The quantitative estimate of drug-likeness (QED) is 0.598. The van der Waals surface area contributed by atoms with E-state index in [1.807, 2.05) is 0 Å². The summed E-state index contributed by atoms with van der Waals surface area (Å²) in [5, 5.41) is 5.97. The van der Waals surface area contributed by atoms with Gasteiger partial charge in [0, 0.05) is 25.2 Å². The van der Waals surface area contributed by atoms with Gasteiger partial charge in [-0.2, -0.15) is 13.2 Å². The molecule has 2 N–H and O–H groups in total. The van der Waals surface area contributed by atoms with Gasteiger partial charge in [-0.15, -0.1) is 0 Å². The van der Waals surface area contributed by atoms with Gasteiger partial charge in [0.05, 0.1) is 11.5 Å². The van der Waals surface area contributed by atoms with E-state index in [-0.39, 0.29) is 29.8 Å². The average molecular weight is 379 g/mol. The van der Waals surface area contributed by atoms with Crippen LogP contribution in [-0.4, -0.2) is 51.8 Å². The van der Waals surface area contributed by atoms with Gasteiger partial charge < -0.3 is 15.4 Å². The lowest BCUT2D eigenvalue weighted by Crippen LogP contribution is -2.43. The molecular weight excluding hydrogens is 359 g/mol. The van der Waals surface area contributed by atoms with Gasteiger partial charge in [-0.3, -0.25) is 4.99 Å². The van der Waals surface area contributed by atoms with Crippen molar-refractivity contribution in [2.45, 2.75) is 25.2 Å². The van der Waals surface area contributed by atoms with Crippen LogP contribution in [0, 0.1) is 0 Å². The van der Waals surface area contributed by atoms with Crippen molar-refractivity contribution in [3.63, 3.8) is 0 Å². The third-order valence-electron chi connectivity index (χ3n) is 3.61. The first kappa shape index (κ1) is 19.4. The van der Waals surface area contributed by atoms with E-state index >= 15 is 0 Å². The Bertz CT molecular complexity index is 720. The zero-order valence-corrected chi connectivity index (χ0v) is 14.5. The third kappa shape index (κ3) is 6.45. The fourth-order valence-corrected chi connectivity index (χ4v) is 4.10. The molecule has 0 aliphatic carbocycles. The van der Waals surface area contributed by atoms with Gasteiger partial charge in [0.25, 0.3) is 0 Å². The highest BCUT2D eigenvalue weighted by atomic mass is 32.2. The molecule has 1 aromatic rings. The molecule has 1 aromatic carbocycles. The van der Waals surface area contributed by atoms with Crippen LogP contribution in [0.5, 0.6) is 5.75 Å². The summed E-state index contributed by atoms with van der Waals surface area (Å²) in [5.41, 5.74) is 0.536. The number of ether oxygens (including phenoxy) is 1. The molecule has 1 heterocycles. The Labute approximate surface area is 144 Å². The molecule has 1 atom stereocenters. The number of hydrogen-bond acceptors (Lipinski definition) is 4. The van der Waals surface area contributed by atoms with Crippen molar-refractivity contribution in [1.29, 1.82) is 0 Å². The van der Waals surface area contributed by atoms with Crippen molar-refractivity contribution in [3.8, 4) is 5.75 Å². The summed E-state index contributed by atoms with van der Waals surface area (Å²) in [4.78, 5) is 4.01. The first-order valence-electron chi connectivity index (χ1n) is 7.63. The maximum Gasteiger partial charge on any atom is 0.422 e. The summed E-state index contributed by atoms with van der Waals surface area (Å²) in [5.74, 6) is 0.688. The first-order chi connectivity index (χ1) is 11.7. The van der Waals surface area contributed by atoms with E-state index in [1.54, 1.807) is 18.2 Å². The van der Waals surface area contributed by atoms with E-state index in [0.29, 0.717) is 17.9 Å². The third-order valence-corrected chi connectivity index (χ3v) is 5.38. The second-order valence-electron chi connectivity index (χ2n) is 5.68. The Morgan fingerprint density at radius 2 is 2.08 bits per heavy atom. The summed E-state index contributed by atoms with van der Waals surface area (Å²) < 4.78 is 64.7. The van der Waals surface area contributed by atoms with Crippen molar-refractivity contribution in [3.05, 3.63) is 29.8 Å². The SMILES string of the molecule is CN=C(NCc1ccccc1OCC(F)(F)F)NC1CCS(=O)(=O)C1. The van der Waals surface area contributed by atoms with Crippen LogP contribution < -0.4 is 15.4 Å². The fourth-order valence-electron chi connectivity index (χ4n) is 2.43. The molecule has 1 fully saturated rings. The van der Waals surface area contributed by atoms with Gasteiger partial charge in [-0.25, -0.2) is 8.42 Å². The average Bonchev–Trinajstić information content (AvgIpc) is 2.88. The molecule has 1 aliphatic rings. The molecule has 0 amide bonds. The maximum atomic E-state index is 12.3. The van der Waals surface area contributed by atoms with Crippen LogP contribution in [0.1, 0.15) is 12.0 Å². The number of hydrogen-bond donors (Lipinski definition) is 2. The topological polar surface area (TPSA) is 79.8 Å². The molecule has 0 saturated carbocycles. The lowest BCUT2D eigenvalue weighted by molar-refractivity contribution is -0.153. The molecule has 25 heavy (non-hydrogen) atoms. The highest BCUT2D eigenvalue weighted by molar-refractivity contribution is 7.91. The lowest BCUT2D eigenvalue weighted by Gasteiger charge is -2.17. The smallest absolute Gasteiger partial charge is 0.422 e.